The minimum atomic E-state index is -1.17. The van der Waals surface area contributed by atoms with Crippen LogP contribution in [0.25, 0.3) is 0 Å². The maximum absolute atomic E-state index is 12.4. The largest absolute Gasteiger partial charge is 0.490 e. The molecule has 0 saturated heterocycles. The molecule has 0 spiro atoms. The number of hydrogen-bond acceptors (Lipinski definition) is 10. The molecule has 0 radical (unpaired) electrons. The van der Waals surface area contributed by atoms with Crippen molar-refractivity contribution in [3.63, 3.8) is 0 Å². The van der Waals surface area contributed by atoms with Gasteiger partial charge in [-0.2, -0.15) is 5.10 Å². The molecule has 1 aliphatic rings. The smallest absolute Gasteiger partial charge is 0.341 e. The highest BCUT2D eigenvalue weighted by atomic mass is 127. The number of ether oxygens (including phenoxy) is 4. The van der Waals surface area contributed by atoms with Gasteiger partial charge in [0.25, 0.3) is 0 Å². The number of allylic oxidation sites excluding steroid dienone is 1. The van der Waals surface area contributed by atoms with Crippen LogP contribution in [0.5, 0.6) is 17.2 Å². The highest BCUT2D eigenvalue weighted by Gasteiger charge is 2.32. The predicted octanol–water partition coefficient (Wildman–Crippen LogP) is 2.88. The van der Waals surface area contributed by atoms with Crippen LogP contribution in [0.15, 0.2) is 46.7 Å². The summed E-state index contributed by atoms with van der Waals surface area (Å²) in [4.78, 5) is 35.3. The van der Waals surface area contributed by atoms with Crippen molar-refractivity contribution < 1.29 is 43.5 Å². The van der Waals surface area contributed by atoms with E-state index in [2.05, 4.69) is 21.2 Å². The number of carbonyl (C=O) groups is 3. The van der Waals surface area contributed by atoms with Gasteiger partial charge in [-0.05, 0) is 94.4 Å². The summed E-state index contributed by atoms with van der Waals surface area (Å²) in [6.45, 7) is 3.11. The molecular weight excluding hydrogens is 766 g/mol. The van der Waals surface area contributed by atoms with Crippen LogP contribution in [-0.2, 0) is 14.3 Å². The van der Waals surface area contributed by atoms with Crippen LogP contribution in [0, 0.1) is 7.14 Å². The third-order valence-electron chi connectivity index (χ3n) is 5.47. The molecule has 0 unspecified atom stereocenters. The molecule has 0 aromatic heterocycles. The zero-order valence-corrected chi connectivity index (χ0v) is 26.5. The highest BCUT2D eigenvalue weighted by Crippen LogP contribution is 2.35. The van der Waals surface area contributed by atoms with Gasteiger partial charge < -0.3 is 39.8 Å². The van der Waals surface area contributed by atoms with Gasteiger partial charge in [0.15, 0.2) is 24.3 Å². The Morgan fingerprint density at radius 2 is 1.85 bits per heavy atom. The van der Waals surface area contributed by atoms with Crippen molar-refractivity contribution in [2.75, 3.05) is 26.9 Å². The second-order valence-electron chi connectivity index (χ2n) is 8.41. The van der Waals surface area contributed by atoms with Crippen LogP contribution >= 0.6 is 45.2 Å². The average molecular weight is 794 g/mol. The van der Waals surface area contributed by atoms with E-state index in [0.717, 1.165) is 0 Å². The first-order valence-corrected chi connectivity index (χ1v) is 14.3. The minimum Gasteiger partial charge on any atom is -0.490 e. The zero-order chi connectivity index (χ0) is 30.1. The number of esters is 1. The molecule has 5 N–H and O–H groups in total. The summed E-state index contributed by atoms with van der Waals surface area (Å²) in [6, 6.07) is 7.24. The molecule has 0 bridgehead atoms. The van der Waals surface area contributed by atoms with Gasteiger partial charge in [0.05, 0.1) is 38.7 Å². The number of carbonyl (C=O) groups excluding carboxylic acids is 2. The number of carboxylic acids is 1. The Kier molecular flexibility index (Phi) is 11.8. The molecule has 0 saturated carbocycles. The number of rotatable bonds is 13. The lowest BCUT2D eigenvalue weighted by Gasteiger charge is -2.28. The van der Waals surface area contributed by atoms with E-state index in [9.17, 15) is 19.5 Å². The number of aliphatic hydroxyl groups excluding tert-OH is 1. The first kappa shape index (κ1) is 32.2. The summed E-state index contributed by atoms with van der Waals surface area (Å²) < 4.78 is 23.1. The summed E-state index contributed by atoms with van der Waals surface area (Å²) in [5, 5.41) is 28.5. The van der Waals surface area contributed by atoms with Crippen molar-refractivity contribution in [1.29, 1.82) is 0 Å². The third kappa shape index (κ3) is 8.83. The van der Waals surface area contributed by atoms with E-state index in [4.69, 9.17) is 24.1 Å². The summed E-state index contributed by atoms with van der Waals surface area (Å²) in [7, 11) is 1.26. The van der Waals surface area contributed by atoms with Gasteiger partial charge in [0.1, 0.15) is 12.4 Å². The number of halogens is 2. The number of nitrogens with zero attached hydrogens (tertiary/aromatic N) is 1. The number of methoxy groups -OCH3 is 1. The molecule has 0 fully saturated rings. The molecule has 0 aliphatic carbocycles. The first-order valence-electron chi connectivity index (χ1n) is 12.1. The van der Waals surface area contributed by atoms with Crippen LogP contribution in [0.2, 0.25) is 0 Å². The van der Waals surface area contributed by atoms with Crippen molar-refractivity contribution in [2.45, 2.75) is 26.1 Å². The molecule has 220 valence electrons. The number of amides is 2. The number of urea groups is 1. The van der Waals surface area contributed by atoms with Crippen LogP contribution in [-0.4, -0.2) is 67.6 Å². The monoisotopic (exact) mass is 794 g/mol. The molecule has 2 atom stereocenters. The fourth-order valence-electron chi connectivity index (χ4n) is 3.75. The quantitative estimate of drug-likeness (QED) is 0.0667. The molecule has 1 heterocycles. The summed E-state index contributed by atoms with van der Waals surface area (Å²) in [5.74, 6) is -0.493. The van der Waals surface area contributed by atoms with Crippen molar-refractivity contribution in [3.8, 4) is 17.2 Å². The lowest BCUT2D eigenvalue weighted by Crippen LogP contribution is -2.45. The zero-order valence-electron chi connectivity index (χ0n) is 22.2. The summed E-state index contributed by atoms with van der Waals surface area (Å²) in [5.41, 5.74) is 4.49. The number of benzene rings is 2. The van der Waals surface area contributed by atoms with Crippen LogP contribution in [0.4, 0.5) is 4.79 Å². The molecule has 13 nitrogen and oxygen atoms in total. The van der Waals surface area contributed by atoms with E-state index < -0.39 is 36.8 Å². The standard InChI is InChI=1S/C26H28I2N4O9/c1-4-39-19-9-15(23-22(25(36)38-3)13(2)30-26(37)31-23)5-6-18(19)40-11-20(33)32-29-10-14-7-16(27)24(17(28)8-14)41-12-21(34)35/h5-10,20,23,32-33H,4,11-12H2,1-3H3,(H,34,35)(H2,30,31,37)/b29-10-/t20-,23-/m0/s1. The van der Waals surface area contributed by atoms with Crippen LogP contribution < -0.4 is 30.3 Å². The van der Waals surface area contributed by atoms with Gasteiger partial charge in [0, 0.05) is 5.70 Å². The Morgan fingerprint density at radius 1 is 1.15 bits per heavy atom. The van der Waals surface area contributed by atoms with Gasteiger partial charge in [-0.1, -0.05) is 6.07 Å². The maximum atomic E-state index is 12.4. The van der Waals surface area contributed by atoms with Gasteiger partial charge >= 0.3 is 18.0 Å². The van der Waals surface area contributed by atoms with E-state index in [1.165, 1.54) is 13.3 Å². The fraction of sp³-hybridized carbons (Fsp3) is 0.308. The normalized spacial score (nSPS) is 15.6. The lowest BCUT2D eigenvalue weighted by molar-refractivity contribution is -0.139. The van der Waals surface area contributed by atoms with Crippen molar-refractivity contribution in [2.24, 2.45) is 5.10 Å². The minimum absolute atomic E-state index is 0.176. The fourth-order valence-corrected chi connectivity index (χ4v) is 5.87. The Bertz CT molecular complexity index is 1340. The highest BCUT2D eigenvalue weighted by molar-refractivity contribution is 14.1. The Labute approximate surface area is 262 Å². The van der Waals surface area contributed by atoms with Gasteiger partial charge in [-0.15, -0.1) is 0 Å². The molecule has 2 aromatic carbocycles. The van der Waals surface area contributed by atoms with Crippen molar-refractivity contribution in [1.82, 2.24) is 16.1 Å². The molecular formula is C26H28I2N4O9. The van der Waals surface area contributed by atoms with E-state index in [1.807, 2.05) is 45.2 Å². The Hall–Kier alpha value is -3.32. The molecule has 41 heavy (non-hydrogen) atoms. The Morgan fingerprint density at radius 3 is 2.49 bits per heavy atom. The Balaban J connectivity index is 1.67. The van der Waals surface area contributed by atoms with Crippen molar-refractivity contribution in [3.05, 3.63) is 59.9 Å². The van der Waals surface area contributed by atoms with Gasteiger partial charge in [-0.3, -0.25) is 5.43 Å². The average Bonchev–Trinajstić information content (AvgIpc) is 2.91. The molecule has 1 aliphatic heterocycles. The number of aliphatic carboxylic acids is 1. The summed E-state index contributed by atoms with van der Waals surface area (Å²) in [6.07, 6.45) is 0.327. The van der Waals surface area contributed by atoms with Crippen molar-refractivity contribution >= 4 is 69.4 Å². The van der Waals surface area contributed by atoms with Gasteiger partial charge in [0.2, 0.25) is 0 Å². The predicted molar refractivity (Wildman–Crippen MR) is 164 cm³/mol. The third-order valence-corrected chi connectivity index (χ3v) is 7.07. The maximum Gasteiger partial charge on any atom is 0.341 e. The SMILES string of the molecule is CCOc1cc([C@@H]2NC(=O)NC(C)=C2C(=O)OC)ccc1OC[C@H](O)N/N=C\c1cc(I)c(OCC(=O)O)c(I)c1. The van der Waals surface area contributed by atoms with E-state index in [0.29, 0.717) is 47.8 Å². The number of nitrogens with one attached hydrogen (secondary N) is 3. The molecule has 2 amide bonds. The number of hydrogen-bond donors (Lipinski definition) is 5. The molecule has 2 aromatic rings. The number of aliphatic hydroxyl groups is 1. The number of hydrazone groups is 1. The molecule has 3 rings (SSSR count). The second kappa shape index (κ2) is 15.1. The topological polar surface area (TPSA) is 177 Å². The summed E-state index contributed by atoms with van der Waals surface area (Å²) >= 11 is 4.08. The lowest BCUT2D eigenvalue weighted by atomic mass is 9.95. The van der Waals surface area contributed by atoms with E-state index in [1.54, 1.807) is 44.2 Å². The van der Waals surface area contributed by atoms with Gasteiger partial charge in [-0.25, -0.2) is 14.4 Å². The van der Waals surface area contributed by atoms with E-state index in [-0.39, 0.29) is 12.2 Å². The molecule has 15 heteroatoms. The second-order valence-corrected chi connectivity index (χ2v) is 10.7. The van der Waals surface area contributed by atoms with Crippen LogP contribution in [0.3, 0.4) is 0 Å². The number of carboxylic acid groups (broad SMARTS) is 1. The van der Waals surface area contributed by atoms with Crippen LogP contribution in [0.1, 0.15) is 31.0 Å². The first-order chi connectivity index (χ1) is 19.5. The van der Waals surface area contributed by atoms with E-state index >= 15 is 0 Å².